The number of sulfonamides is 1. The smallest absolute Gasteiger partial charge is 0.387 e. The number of guanidine groups is 1. The van der Waals surface area contributed by atoms with Gasteiger partial charge in [0.25, 0.3) is 0 Å². The molecule has 166 valence electrons. The van der Waals surface area contributed by atoms with Crippen molar-refractivity contribution in [3.8, 4) is 11.5 Å². The third kappa shape index (κ3) is 8.09. The molecule has 0 unspecified atom stereocenters. The number of rotatable bonds is 9. The Bertz CT molecular complexity index is 781. The van der Waals surface area contributed by atoms with Crippen molar-refractivity contribution in [3.05, 3.63) is 23.8 Å². The van der Waals surface area contributed by atoms with Gasteiger partial charge in [0.15, 0.2) is 5.96 Å². The van der Waals surface area contributed by atoms with Crippen LogP contribution in [-0.2, 0) is 16.6 Å². The first-order chi connectivity index (χ1) is 13.4. The largest absolute Gasteiger partial charge is 0.497 e. The molecule has 0 bridgehead atoms. The van der Waals surface area contributed by atoms with Crippen LogP contribution in [0, 0.1) is 0 Å². The van der Waals surface area contributed by atoms with Crippen LogP contribution in [0.15, 0.2) is 23.2 Å². The molecule has 2 N–H and O–H groups in total. The number of methoxy groups -OCH3 is 1. The van der Waals surface area contributed by atoms with Crippen molar-refractivity contribution in [1.82, 2.24) is 14.9 Å². The minimum Gasteiger partial charge on any atom is -0.497 e. The molecule has 0 amide bonds. The Kier molecular flexibility index (Phi) is 10.9. The van der Waals surface area contributed by atoms with Crippen molar-refractivity contribution in [1.29, 1.82) is 0 Å². The Balaban J connectivity index is 0.00000420. The molecule has 0 aliphatic carbocycles. The van der Waals surface area contributed by atoms with Gasteiger partial charge in [-0.05, 0) is 31.5 Å². The second-order valence-corrected chi connectivity index (χ2v) is 8.13. The summed E-state index contributed by atoms with van der Waals surface area (Å²) in [5.41, 5.74) is 0.443. The maximum absolute atomic E-state index is 12.6. The van der Waals surface area contributed by atoms with Crippen molar-refractivity contribution >= 4 is 40.0 Å². The molecule has 1 aliphatic heterocycles. The van der Waals surface area contributed by atoms with Gasteiger partial charge < -0.3 is 20.1 Å². The molecule has 1 heterocycles. The minimum atomic E-state index is -3.15. The Labute approximate surface area is 187 Å². The van der Waals surface area contributed by atoms with Crippen LogP contribution in [0.3, 0.4) is 0 Å². The Morgan fingerprint density at radius 3 is 2.69 bits per heavy atom. The van der Waals surface area contributed by atoms with Crippen molar-refractivity contribution in [2.75, 3.05) is 39.0 Å². The second-order valence-electron chi connectivity index (χ2n) is 6.04. The summed E-state index contributed by atoms with van der Waals surface area (Å²) >= 11 is 0. The molecule has 8 nitrogen and oxygen atoms in total. The maximum atomic E-state index is 12.6. The summed E-state index contributed by atoms with van der Waals surface area (Å²) in [5, 5.41) is 6.10. The summed E-state index contributed by atoms with van der Waals surface area (Å²) in [6.45, 7) is 0.859. The van der Waals surface area contributed by atoms with E-state index in [1.165, 1.54) is 23.5 Å². The average Bonchev–Trinajstić information content (AvgIpc) is 2.98. The van der Waals surface area contributed by atoms with Crippen LogP contribution < -0.4 is 20.1 Å². The predicted molar refractivity (Wildman–Crippen MR) is 118 cm³/mol. The predicted octanol–water partition coefficient (Wildman–Crippen LogP) is 2.01. The van der Waals surface area contributed by atoms with Gasteiger partial charge in [-0.25, -0.2) is 17.7 Å². The summed E-state index contributed by atoms with van der Waals surface area (Å²) in [4.78, 5) is 4.37. The second kappa shape index (κ2) is 12.3. The van der Waals surface area contributed by atoms with E-state index in [1.807, 2.05) is 6.92 Å². The van der Waals surface area contributed by atoms with Gasteiger partial charge in [-0.2, -0.15) is 8.78 Å². The van der Waals surface area contributed by atoms with Crippen LogP contribution in [0.4, 0.5) is 8.78 Å². The van der Waals surface area contributed by atoms with Gasteiger partial charge in [-0.15, -0.1) is 24.0 Å². The van der Waals surface area contributed by atoms with Crippen LogP contribution in [0.2, 0.25) is 0 Å². The summed E-state index contributed by atoms with van der Waals surface area (Å²) < 4.78 is 60.0. The van der Waals surface area contributed by atoms with Crippen molar-refractivity contribution in [2.24, 2.45) is 4.99 Å². The summed E-state index contributed by atoms with van der Waals surface area (Å²) in [7, 11) is -1.67. The van der Waals surface area contributed by atoms with Crippen LogP contribution in [-0.4, -0.2) is 64.3 Å². The highest BCUT2D eigenvalue weighted by Crippen LogP contribution is 2.26. The van der Waals surface area contributed by atoms with Gasteiger partial charge >= 0.3 is 6.61 Å². The number of ether oxygens (including phenoxy) is 2. The summed E-state index contributed by atoms with van der Waals surface area (Å²) in [6.07, 6.45) is 0.638. The molecule has 0 atom stereocenters. The molecule has 0 aromatic heterocycles. The lowest BCUT2D eigenvalue weighted by Crippen LogP contribution is -2.42. The van der Waals surface area contributed by atoms with E-state index in [-0.39, 0.29) is 42.0 Å². The number of nitrogens with zero attached hydrogens (tertiary/aromatic N) is 2. The monoisotopic (exact) mass is 548 g/mol. The molecule has 1 aromatic carbocycles. The molecule has 12 heteroatoms. The summed E-state index contributed by atoms with van der Waals surface area (Å²) in [5.74, 6) is 1.16. The molecule has 1 fully saturated rings. The standard InChI is InChI=1S/C17H26F2N4O4S.HI/c1-3-20-17(21-7-9-23-8-4-10-28(23,24)25)22-12-13-11-14(26-2)5-6-15(13)27-16(18)19;/h5-6,11,16H,3-4,7-10,12H2,1-2H3,(H2,20,21,22);1H. The van der Waals surface area contributed by atoms with E-state index in [1.54, 1.807) is 6.07 Å². The van der Waals surface area contributed by atoms with Crippen molar-refractivity contribution in [3.63, 3.8) is 0 Å². The number of hydrogen-bond acceptors (Lipinski definition) is 5. The quantitative estimate of drug-likeness (QED) is 0.279. The van der Waals surface area contributed by atoms with Gasteiger partial charge in [0.2, 0.25) is 10.0 Å². The first kappa shape index (κ1) is 25.6. The third-order valence-electron chi connectivity index (χ3n) is 4.09. The maximum Gasteiger partial charge on any atom is 0.387 e. The van der Waals surface area contributed by atoms with Crippen molar-refractivity contribution < 1.29 is 26.7 Å². The van der Waals surface area contributed by atoms with E-state index in [4.69, 9.17) is 4.74 Å². The molecule has 0 spiro atoms. The average molecular weight is 548 g/mol. The van der Waals surface area contributed by atoms with Gasteiger partial charge in [-0.1, -0.05) is 0 Å². The molecule has 1 saturated heterocycles. The van der Waals surface area contributed by atoms with Crippen LogP contribution in [0.5, 0.6) is 11.5 Å². The topological polar surface area (TPSA) is 92.3 Å². The van der Waals surface area contributed by atoms with E-state index in [2.05, 4.69) is 20.4 Å². The van der Waals surface area contributed by atoms with E-state index < -0.39 is 16.6 Å². The number of alkyl halides is 2. The van der Waals surface area contributed by atoms with E-state index in [9.17, 15) is 17.2 Å². The molecule has 0 radical (unpaired) electrons. The van der Waals surface area contributed by atoms with Gasteiger partial charge in [0.1, 0.15) is 11.5 Å². The Morgan fingerprint density at radius 2 is 2.10 bits per heavy atom. The van der Waals surface area contributed by atoms with Gasteiger partial charge in [0.05, 0.1) is 19.4 Å². The lowest BCUT2D eigenvalue weighted by Gasteiger charge is -2.17. The van der Waals surface area contributed by atoms with E-state index >= 15 is 0 Å². The molecule has 0 saturated carbocycles. The lowest BCUT2D eigenvalue weighted by molar-refractivity contribution is -0.0504. The lowest BCUT2D eigenvalue weighted by atomic mass is 10.2. The van der Waals surface area contributed by atoms with Crippen LogP contribution in [0.25, 0.3) is 0 Å². The number of hydrogen-bond donors (Lipinski definition) is 2. The van der Waals surface area contributed by atoms with Crippen LogP contribution in [0.1, 0.15) is 18.9 Å². The molecule has 29 heavy (non-hydrogen) atoms. The SMILES string of the molecule is CCNC(=NCc1cc(OC)ccc1OC(F)F)NCCN1CCCS1(=O)=O.I. The third-order valence-corrected chi connectivity index (χ3v) is 6.05. The highest BCUT2D eigenvalue weighted by atomic mass is 127. The zero-order chi connectivity index (χ0) is 20.6. The zero-order valence-electron chi connectivity index (χ0n) is 16.4. The van der Waals surface area contributed by atoms with Gasteiger partial charge in [0, 0.05) is 31.7 Å². The number of aliphatic imine (C=N–C) groups is 1. The first-order valence-corrected chi connectivity index (χ1v) is 10.6. The highest BCUT2D eigenvalue weighted by Gasteiger charge is 2.27. The van der Waals surface area contributed by atoms with Crippen LogP contribution >= 0.6 is 24.0 Å². The fourth-order valence-corrected chi connectivity index (χ4v) is 4.29. The zero-order valence-corrected chi connectivity index (χ0v) is 19.5. The Hall–Kier alpha value is -1.41. The number of benzene rings is 1. The number of nitrogens with one attached hydrogen (secondary N) is 2. The fraction of sp³-hybridized carbons (Fsp3) is 0.588. The van der Waals surface area contributed by atoms with Gasteiger partial charge in [-0.3, -0.25) is 0 Å². The minimum absolute atomic E-state index is 0. The highest BCUT2D eigenvalue weighted by molar-refractivity contribution is 14.0. The van der Waals surface area contributed by atoms with Crippen molar-refractivity contribution in [2.45, 2.75) is 26.5 Å². The molecular weight excluding hydrogens is 521 g/mol. The normalized spacial score (nSPS) is 16.4. The fourth-order valence-electron chi connectivity index (χ4n) is 2.76. The molecule has 1 aliphatic rings. The number of halogens is 3. The molecular formula is C17H27F2IN4O4S. The van der Waals surface area contributed by atoms with E-state index in [0.717, 1.165) is 0 Å². The molecule has 2 rings (SSSR count). The summed E-state index contributed by atoms with van der Waals surface area (Å²) in [6, 6.07) is 4.53. The first-order valence-electron chi connectivity index (χ1n) is 8.97. The van der Waals surface area contributed by atoms with E-state index in [0.29, 0.717) is 49.9 Å². The molecule has 1 aromatic rings. The Morgan fingerprint density at radius 1 is 1.34 bits per heavy atom.